The van der Waals surface area contributed by atoms with E-state index in [0.29, 0.717) is 6.42 Å². The first kappa shape index (κ1) is 11.0. The van der Waals surface area contributed by atoms with Crippen molar-refractivity contribution in [1.29, 1.82) is 5.26 Å². The largest absolute Gasteiger partial charge is 0.198 e. The lowest BCUT2D eigenvalue weighted by Crippen LogP contribution is -1.83. The van der Waals surface area contributed by atoms with Crippen molar-refractivity contribution in [2.24, 2.45) is 0 Å². The Morgan fingerprint density at radius 3 is 2.44 bits per heavy atom. The van der Waals surface area contributed by atoms with Crippen molar-refractivity contribution in [3.8, 4) is 16.5 Å². The number of fused-ring (bicyclic) bond motifs is 1. The lowest BCUT2D eigenvalue weighted by atomic mass is 10.0. The van der Waals surface area contributed by atoms with E-state index < -0.39 is 0 Å². The van der Waals surface area contributed by atoms with Crippen LogP contribution in [0.25, 0.3) is 20.5 Å². The van der Waals surface area contributed by atoms with Crippen molar-refractivity contribution < 1.29 is 0 Å². The number of thiophene rings is 1. The molecule has 0 radical (unpaired) electrons. The lowest BCUT2D eigenvalue weighted by molar-refractivity contribution is 1.30. The van der Waals surface area contributed by atoms with Crippen molar-refractivity contribution in [2.45, 2.75) is 6.42 Å². The molecule has 0 fully saturated rings. The third-order valence-corrected chi connectivity index (χ3v) is 4.25. The Bertz CT molecular complexity index is 720. The molecule has 0 aliphatic rings. The fourth-order valence-corrected chi connectivity index (χ4v) is 3.40. The minimum absolute atomic E-state index is 0.467. The Balaban J connectivity index is 2.29. The summed E-state index contributed by atoms with van der Waals surface area (Å²) in [7, 11) is 0. The summed E-state index contributed by atoms with van der Waals surface area (Å²) in [5.74, 6) is 0. The topological polar surface area (TPSA) is 23.8 Å². The van der Waals surface area contributed by atoms with Crippen LogP contribution in [0, 0.1) is 11.3 Å². The average Bonchev–Trinajstić information content (AvgIpc) is 2.80. The molecule has 0 saturated carbocycles. The van der Waals surface area contributed by atoms with Gasteiger partial charge in [0.2, 0.25) is 0 Å². The second-order valence-corrected chi connectivity index (χ2v) is 5.16. The van der Waals surface area contributed by atoms with E-state index in [2.05, 4.69) is 30.3 Å². The standard InChI is InChI=1S/C16H11NS/c17-11-10-14-13-8-4-5-9-15(13)18-16(14)12-6-2-1-3-7-12/h1-9H,10H2. The predicted molar refractivity (Wildman–Crippen MR) is 76.6 cm³/mol. The highest BCUT2D eigenvalue weighted by Gasteiger charge is 2.12. The van der Waals surface area contributed by atoms with Gasteiger partial charge in [-0.15, -0.1) is 11.3 Å². The Hall–Kier alpha value is -2.11. The third-order valence-electron chi connectivity index (χ3n) is 2.99. The van der Waals surface area contributed by atoms with E-state index in [4.69, 9.17) is 5.26 Å². The molecule has 0 atom stereocenters. The second kappa shape index (κ2) is 4.64. The summed E-state index contributed by atoms with van der Waals surface area (Å²) in [4.78, 5) is 1.22. The van der Waals surface area contributed by atoms with Crippen LogP contribution in [0.4, 0.5) is 0 Å². The monoisotopic (exact) mass is 249 g/mol. The highest BCUT2D eigenvalue weighted by molar-refractivity contribution is 7.22. The molecule has 2 heteroatoms. The summed E-state index contributed by atoms with van der Waals surface area (Å²) >= 11 is 1.77. The molecule has 1 aromatic heterocycles. The van der Waals surface area contributed by atoms with Crippen LogP contribution in [0.5, 0.6) is 0 Å². The van der Waals surface area contributed by atoms with Crippen LogP contribution in [0.15, 0.2) is 54.6 Å². The Labute approximate surface area is 110 Å². The van der Waals surface area contributed by atoms with Crippen molar-refractivity contribution in [3.63, 3.8) is 0 Å². The van der Waals surface area contributed by atoms with Gasteiger partial charge in [-0.3, -0.25) is 0 Å². The van der Waals surface area contributed by atoms with E-state index in [1.54, 1.807) is 11.3 Å². The van der Waals surface area contributed by atoms with Crippen LogP contribution in [0.1, 0.15) is 5.56 Å². The molecule has 1 nitrogen and oxygen atoms in total. The first-order valence-corrected chi connectivity index (χ1v) is 6.64. The smallest absolute Gasteiger partial charge is 0.0670 e. The third kappa shape index (κ3) is 1.79. The fraction of sp³-hybridized carbons (Fsp3) is 0.0625. The number of benzene rings is 2. The average molecular weight is 249 g/mol. The van der Waals surface area contributed by atoms with Crippen molar-refractivity contribution in [3.05, 3.63) is 60.2 Å². The zero-order chi connectivity index (χ0) is 12.4. The van der Waals surface area contributed by atoms with Gasteiger partial charge in [-0.05, 0) is 22.6 Å². The van der Waals surface area contributed by atoms with Gasteiger partial charge in [-0.1, -0.05) is 48.5 Å². The summed E-state index contributed by atoms with van der Waals surface area (Å²) in [6.07, 6.45) is 0.467. The maximum atomic E-state index is 9.02. The molecule has 0 unspecified atom stereocenters. The Kier molecular flexibility index (Phi) is 2.84. The molecule has 0 N–H and O–H groups in total. The molecule has 0 aliphatic carbocycles. The Morgan fingerprint density at radius 2 is 1.67 bits per heavy atom. The zero-order valence-electron chi connectivity index (χ0n) is 9.76. The zero-order valence-corrected chi connectivity index (χ0v) is 10.6. The van der Waals surface area contributed by atoms with E-state index in [-0.39, 0.29) is 0 Å². The summed E-state index contributed by atoms with van der Waals surface area (Å²) in [6, 6.07) is 20.9. The first-order chi connectivity index (χ1) is 8.90. The minimum atomic E-state index is 0.467. The number of rotatable bonds is 2. The van der Waals surface area contributed by atoms with Crippen LogP contribution in [0.2, 0.25) is 0 Å². The van der Waals surface area contributed by atoms with Gasteiger partial charge in [0.15, 0.2) is 0 Å². The van der Waals surface area contributed by atoms with Gasteiger partial charge in [0.1, 0.15) is 0 Å². The molecule has 0 amide bonds. The number of hydrogen-bond donors (Lipinski definition) is 0. The molecule has 2 aromatic carbocycles. The first-order valence-electron chi connectivity index (χ1n) is 5.83. The highest BCUT2D eigenvalue weighted by atomic mass is 32.1. The number of nitriles is 1. The predicted octanol–water partition coefficient (Wildman–Crippen LogP) is 4.63. The summed E-state index contributed by atoms with van der Waals surface area (Å²) in [6.45, 7) is 0. The fourth-order valence-electron chi connectivity index (χ4n) is 2.18. The van der Waals surface area contributed by atoms with Crippen molar-refractivity contribution >= 4 is 21.4 Å². The normalized spacial score (nSPS) is 10.4. The SMILES string of the molecule is N#CCc1c(-c2ccccc2)sc2ccccc12. The van der Waals surface area contributed by atoms with Crippen LogP contribution < -0.4 is 0 Å². The molecular formula is C16H11NS. The van der Waals surface area contributed by atoms with Crippen molar-refractivity contribution in [2.75, 3.05) is 0 Å². The summed E-state index contributed by atoms with van der Waals surface area (Å²) in [5.41, 5.74) is 2.35. The van der Waals surface area contributed by atoms with Gasteiger partial charge >= 0.3 is 0 Å². The van der Waals surface area contributed by atoms with Crippen LogP contribution >= 0.6 is 11.3 Å². The van der Waals surface area contributed by atoms with E-state index in [0.717, 1.165) is 5.56 Å². The molecule has 86 valence electrons. The van der Waals surface area contributed by atoms with Gasteiger partial charge in [0.05, 0.1) is 12.5 Å². The molecule has 0 saturated heterocycles. The quantitative estimate of drug-likeness (QED) is 0.649. The van der Waals surface area contributed by atoms with Gasteiger partial charge in [0, 0.05) is 9.58 Å². The summed E-state index contributed by atoms with van der Waals surface area (Å²) < 4.78 is 1.25. The van der Waals surface area contributed by atoms with E-state index >= 15 is 0 Å². The number of nitrogens with zero attached hydrogens (tertiary/aromatic N) is 1. The molecule has 1 heterocycles. The summed E-state index contributed by atoms with van der Waals surface area (Å²) in [5, 5.41) is 10.2. The maximum Gasteiger partial charge on any atom is 0.0670 e. The van der Waals surface area contributed by atoms with Crippen LogP contribution in [-0.2, 0) is 6.42 Å². The van der Waals surface area contributed by atoms with E-state index in [1.807, 2.05) is 30.3 Å². The van der Waals surface area contributed by atoms with Gasteiger partial charge < -0.3 is 0 Å². The molecule has 0 spiro atoms. The van der Waals surface area contributed by atoms with Crippen molar-refractivity contribution in [1.82, 2.24) is 0 Å². The molecule has 3 aromatic rings. The minimum Gasteiger partial charge on any atom is -0.198 e. The second-order valence-electron chi connectivity index (χ2n) is 4.11. The lowest BCUT2D eigenvalue weighted by Gasteiger charge is -2.00. The number of hydrogen-bond acceptors (Lipinski definition) is 2. The van der Waals surface area contributed by atoms with Gasteiger partial charge in [-0.2, -0.15) is 5.26 Å². The molecule has 0 aliphatic heterocycles. The molecule has 18 heavy (non-hydrogen) atoms. The maximum absolute atomic E-state index is 9.02. The van der Waals surface area contributed by atoms with Crippen LogP contribution in [0.3, 0.4) is 0 Å². The van der Waals surface area contributed by atoms with Gasteiger partial charge in [-0.25, -0.2) is 0 Å². The molecular weight excluding hydrogens is 238 g/mol. The molecule has 3 rings (SSSR count). The molecule has 0 bridgehead atoms. The van der Waals surface area contributed by atoms with E-state index in [1.165, 1.54) is 20.5 Å². The Morgan fingerprint density at radius 1 is 0.944 bits per heavy atom. The van der Waals surface area contributed by atoms with E-state index in [9.17, 15) is 0 Å². The van der Waals surface area contributed by atoms with Crippen LogP contribution in [-0.4, -0.2) is 0 Å². The highest BCUT2D eigenvalue weighted by Crippen LogP contribution is 2.38. The van der Waals surface area contributed by atoms with Gasteiger partial charge in [0.25, 0.3) is 0 Å².